The molecule has 6 heteroatoms. The number of ether oxygens (including phenoxy) is 1. The zero-order valence-corrected chi connectivity index (χ0v) is 17.2. The summed E-state index contributed by atoms with van der Waals surface area (Å²) in [5.41, 5.74) is 2.09. The Kier molecular flexibility index (Phi) is 10.2. The van der Waals surface area contributed by atoms with E-state index in [-0.39, 0.29) is 0 Å². The Hall–Kier alpha value is 0.373. The Morgan fingerprint density at radius 2 is 1.90 bits per heavy atom. The van der Waals surface area contributed by atoms with Gasteiger partial charge >= 0.3 is 37.9 Å². The topological polar surface area (TPSA) is 21.6 Å². The second kappa shape index (κ2) is 11.0. The van der Waals surface area contributed by atoms with E-state index in [0.717, 1.165) is 21.8 Å². The number of hydrogen-bond donors (Lipinski definition) is 0. The molecule has 2 rings (SSSR count). The summed E-state index contributed by atoms with van der Waals surface area (Å²) < 4.78 is 5.27. The Labute approximate surface area is 151 Å². The van der Waals surface area contributed by atoms with Gasteiger partial charge in [-0.25, -0.2) is 0 Å². The van der Waals surface area contributed by atoms with Crippen LogP contribution in [0, 0.1) is 6.92 Å². The van der Waals surface area contributed by atoms with Crippen molar-refractivity contribution < 1.29 is 25.6 Å². The van der Waals surface area contributed by atoms with Gasteiger partial charge in [-0.05, 0) is 37.5 Å². The fourth-order valence-corrected chi connectivity index (χ4v) is 2.57. The van der Waals surface area contributed by atoms with Gasteiger partial charge in [-0.1, -0.05) is 24.8 Å². The molecule has 0 aliphatic heterocycles. The minimum absolute atomic E-state index is 0.486. The van der Waals surface area contributed by atoms with Crippen LogP contribution in [0.15, 0.2) is 22.0 Å². The summed E-state index contributed by atoms with van der Waals surface area (Å²) in [6.45, 7) is 2.02. The molecule has 0 unspecified atom stereocenters. The van der Waals surface area contributed by atoms with Crippen LogP contribution in [0.1, 0.15) is 43.2 Å². The van der Waals surface area contributed by atoms with Gasteiger partial charge in [0, 0.05) is 12.3 Å². The zero-order valence-electron chi connectivity index (χ0n) is 12.4. The summed E-state index contributed by atoms with van der Waals surface area (Å²) in [4.78, 5) is 5.57. The van der Waals surface area contributed by atoms with Crippen molar-refractivity contribution >= 4 is 35.9 Å². The first-order valence-electron chi connectivity index (χ1n) is 6.97. The number of benzene rings is 1. The average Bonchev–Trinajstić information content (AvgIpc) is 2.50. The maximum absolute atomic E-state index is 5.42. The van der Waals surface area contributed by atoms with Gasteiger partial charge in [0.05, 0.1) is 7.11 Å². The molecule has 1 fully saturated rings. The molecule has 1 aliphatic carbocycles. The molecule has 0 atom stereocenters. The van der Waals surface area contributed by atoms with E-state index < -0.39 is 20.8 Å². The molecule has 0 amide bonds. The molecule has 0 bridgehead atoms. The van der Waals surface area contributed by atoms with Crippen LogP contribution in [0.4, 0.5) is 0 Å². The SMILES string of the molecule is COc1cc(C)c([S-])c(C=NC2CCCCC2)c1.[Cl][Zr][Cl]. The number of halogens is 2. The molecule has 0 radical (unpaired) electrons. The Balaban J connectivity index is 0.000000677. The zero-order chi connectivity index (χ0) is 15.7. The van der Waals surface area contributed by atoms with Crippen LogP contribution < -0.4 is 4.74 Å². The molecule has 0 heterocycles. The molecule has 0 N–H and O–H groups in total. The molecule has 21 heavy (non-hydrogen) atoms. The van der Waals surface area contributed by atoms with E-state index in [9.17, 15) is 0 Å². The van der Waals surface area contributed by atoms with Crippen molar-refractivity contribution in [3.05, 3.63) is 23.3 Å². The second-order valence-electron chi connectivity index (χ2n) is 5.00. The first-order chi connectivity index (χ1) is 10.1. The summed E-state index contributed by atoms with van der Waals surface area (Å²) in [5, 5.41) is 0. The molecule has 1 aromatic rings. The molecular formula is C15H20Cl2NOSZr-. The van der Waals surface area contributed by atoms with Gasteiger partial charge in [0.1, 0.15) is 5.75 Å². The molecular weight excluding hydrogens is 404 g/mol. The average molecular weight is 425 g/mol. The molecule has 0 saturated heterocycles. The Morgan fingerprint density at radius 1 is 1.29 bits per heavy atom. The summed E-state index contributed by atoms with van der Waals surface area (Å²) in [5.74, 6) is 0.853. The van der Waals surface area contributed by atoms with Crippen LogP contribution in [0.3, 0.4) is 0 Å². The van der Waals surface area contributed by atoms with Gasteiger partial charge in [-0.3, -0.25) is 4.99 Å². The summed E-state index contributed by atoms with van der Waals surface area (Å²) in [6, 6.07) is 4.43. The number of hydrogen-bond acceptors (Lipinski definition) is 3. The third-order valence-electron chi connectivity index (χ3n) is 3.51. The van der Waals surface area contributed by atoms with E-state index in [4.69, 9.17) is 34.4 Å². The monoisotopic (exact) mass is 422 g/mol. The van der Waals surface area contributed by atoms with E-state index in [1.54, 1.807) is 7.11 Å². The molecule has 0 spiro atoms. The van der Waals surface area contributed by atoms with E-state index in [2.05, 4.69) is 4.99 Å². The molecule has 2 nitrogen and oxygen atoms in total. The van der Waals surface area contributed by atoms with Crippen molar-refractivity contribution in [3.63, 3.8) is 0 Å². The summed E-state index contributed by atoms with van der Waals surface area (Å²) in [7, 11) is 11.5. The standard InChI is InChI=1S/C15H21NOS.2ClH.Zr/c1-11-8-14(17-2)9-12(15(11)18)10-16-13-6-4-3-5-7-13;;;/h8-10,13,18H,3-7H2,1-2H3;2*1H;/q;;;+2/p-3. The number of aliphatic imine (C=N–C) groups is 1. The van der Waals surface area contributed by atoms with Crippen LogP contribution >= 0.6 is 17.0 Å². The van der Waals surface area contributed by atoms with E-state index in [1.807, 2.05) is 25.3 Å². The second-order valence-corrected chi connectivity index (χ2v) is 9.14. The van der Waals surface area contributed by atoms with Crippen molar-refractivity contribution in [2.45, 2.75) is 50.0 Å². The van der Waals surface area contributed by atoms with Gasteiger partial charge < -0.3 is 17.4 Å². The predicted octanol–water partition coefficient (Wildman–Crippen LogP) is 5.04. The van der Waals surface area contributed by atoms with Crippen LogP contribution in [-0.2, 0) is 33.5 Å². The number of rotatable bonds is 3. The molecule has 0 aromatic heterocycles. The number of aryl methyl sites for hydroxylation is 1. The molecule has 1 saturated carbocycles. The molecule has 1 aliphatic rings. The fourth-order valence-electron chi connectivity index (χ4n) is 2.40. The van der Waals surface area contributed by atoms with Crippen molar-refractivity contribution in [3.8, 4) is 5.75 Å². The number of methoxy groups -OCH3 is 1. The maximum atomic E-state index is 5.42. The third kappa shape index (κ3) is 6.99. The van der Waals surface area contributed by atoms with Crippen LogP contribution in [0.2, 0.25) is 0 Å². The van der Waals surface area contributed by atoms with Gasteiger partial charge in [0.15, 0.2) is 0 Å². The summed E-state index contributed by atoms with van der Waals surface area (Å²) >= 11 is 4.60. The quantitative estimate of drug-likeness (QED) is 0.501. The third-order valence-corrected chi connectivity index (χ3v) is 4.07. The molecule has 116 valence electrons. The molecule has 1 aromatic carbocycles. The normalized spacial score (nSPS) is 15.4. The van der Waals surface area contributed by atoms with Crippen molar-refractivity contribution in [2.75, 3.05) is 7.11 Å². The van der Waals surface area contributed by atoms with Gasteiger partial charge in [0.25, 0.3) is 0 Å². The Bertz CT molecular complexity index is 465. The Morgan fingerprint density at radius 3 is 2.48 bits per heavy atom. The van der Waals surface area contributed by atoms with E-state index in [1.165, 1.54) is 32.1 Å². The van der Waals surface area contributed by atoms with E-state index in [0.29, 0.717) is 6.04 Å². The fraction of sp³-hybridized carbons (Fsp3) is 0.533. The van der Waals surface area contributed by atoms with Gasteiger partial charge in [0.2, 0.25) is 0 Å². The van der Waals surface area contributed by atoms with E-state index >= 15 is 0 Å². The van der Waals surface area contributed by atoms with Gasteiger partial charge in [-0.15, -0.1) is 0 Å². The minimum atomic E-state index is -0.826. The van der Waals surface area contributed by atoms with Crippen molar-refractivity contribution in [1.82, 2.24) is 0 Å². The predicted molar refractivity (Wildman–Crippen MR) is 89.5 cm³/mol. The van der Waals surface area contributed by atoms with Crippen LogP contribution in [0.5, 0.6) is 5.75 Å². The van der Waals surface area contributed by atoms with Gasteiger partial charge in [-0.2, -0.15) is 4.90 Å². The first-order valence-corrected chi connectivity index (χ1v) is 13.7. The van der Waals surface area contributed by atoms with Crippen LogP contribution in [0.25, 0.3) is 0 Å². The van der Waals surface area contributed by atoms with Crippen molar-refractivity contribution in [2.24, 2.45) is 4.99 Å². The summed E-state index contributed by atoms with van der Waals surface area (Å²) in [6.07, 6.45) is 8.34. The number of nitrogens with zero attached hydrogens (tertiary/aromatic N) is 1. The van der Waals surface area contributed by atoms with Crippen molar-refractivity contribution in [1.29, 1.82) is 0 Å². The first kappa shape index (κ1) is 19.4. The van der Waals surface area contributed by atoms with Crippen LogP contribution in [-0.4, -0.2) is 19.4 Å².